The highest BCUT2D eigenvalue weighted by molar-refractivity contribution is 8.00. The summed E-state index contributed by atoms with van der Waals surface area (Å²) in [6, 6.07) is 4.38. The minimum absolute atomic E-state index is 0.118. The van der Waals surface area contributed by atoms with Crippen LogP contribution in [0, 0.1) is 5.92 Å². The predicted molar refractivity (Wildman–Crippen MR) is 102 cm³/mol. The van der Waals surface area contributed by atoms with E-state index in [1.165, 1.54) is 35.2 Å². The van der Waals surface area contributed by atoms with Crippen LogP contribution in [0.15, 0.2) is 31.8 Å². The molecule has 2 N–H and O–H groups in total. The van der Waals surface area contributed by atoms with Crippen molar-refractivity contribution < 1.29 is 9.52 Å². The van der Waals surface area contributed by atoms with Crippen LogP contribution in [0.3, 0.4) is 0 Å². The minimum Gasteiger partial charge on any atom is -0.506 e. The van der Waals surface area contributed by atoms with Crippen molar-refractivity contribution in [2.45, 2.75) is 23.9 Å². The van der Waals surface area contributed by atoms with Crippen LogP contribution in [0.1, 0.15) is 19.4 Å². The van der Waals surface area contributed by atoms with E-state index in [0.29, 0.717) is 22.6 Å². The molecule has 0 bridgehead atoms. The van der Waals surface area contributed by atoms with E-state index in [1.807, 2.05) is 0 Å². The van der Waals surface area contributed by atoms with Gasteiger partial charge in [0.25, 0.3) is 0 Å². The fourth-order valence-electron chi connectivity index (χ4n) is 2.13. The van der Waals surface area contributed by atoms with Crippen molar-refractivity contribution in [1.82, 2.24) is 10.2 Å². The Hall–Kier alpha value is -1.77. The number of aromatic hydroxyl groups is 1. The number of hydrogen-bond donors (Lipinski definition) is 2. The average Bonchev–Trinajstić information content (AvgIpc) is 3.00. The van der Waals surface area contributed by atoms with E-state index >= 15 is 0 Å². The number of phenolic OH excluding ortho intramolecular Hbond substituents is 1. The van der Waals surface area contributed by atoms with Gasteiger partial charge in [-0.3, -0.25) is 0 Å². The van der Waals surface area contributed by atoms with Gasteiger partial charge in [0.1, 0.15) is 11.3 Å². The van der Waals surface area contributed by atoms with E-state index in [9.17, 15) is 9.90 Å². The van der Waals surface area contributed by atoms with Gasteiger partial charge >= 0.3 is 5.63 Å². The third-order valence-corrected chi connectivity index (χ3v) is 5.68. The van der Waals surface area contributed by atoms with Gasteiger partial charge in [-0.1, -0.05) is 48.5 Å². The summed E-state index contributed by atoms with van der Waals surface area (Å²) in [7, 11) is 0. The van der Waals surface area contributed by atoms with E-state index in [1.54, 1.807) is 6.07 Å². The van der Waals surface area contributed by atoms with Gasteiger partial charge in [0.15, 0.2) is 4.34 Å². The molecule has 3 aromatic rings. The van der Waals surface area contributed by atoms with Crippen LogP contribution in [0.5, 0.6) is 5.75 Å². The molecule has 0 unspecified atom stereocenters. The second-order valence-corrected chi connectivity index (χ2v) is 8.43. The zero-order valence-corrected chi connectivity index (χ0v) is 16.0. The van der Waals surface area contributed by atoms with Crippen molar-refractivity contribution in [2.75, 3.05) is 11.9 Å². The van der Waals surface area contributed by atoms with Crippen LogP contribution in [0.4, 0.5) is 5.13 Å². The number of phenols is 1. The van der Waals surface area contributed by atoms with E-state index < -0.39 is 5.63 Å². The Labute approximate surface area is 157 Å². The van der Waals surface area contributed by atoms with Crippen molar-refractivity contribution in [3.05, 3.63) is 39.2 Å². The summed E-state index contributed by atoms with van der Waals surface area (Å²) in [5.41, 5.74) is 0.605. The topological polar surface area (TPSA) is 88.3 Å². The summed E-state index contributed by atoms with van der Waals surface area (Å²) in [6.07, 6.45) is 0. The second kappa shape index (κ2) is 7.63. The van der Waals surface area contributed by atoms with Crippen LogP contribution in [0.25, 0.3) is 11.0 Å². The number of hydrogen-bond acceptors (Lipinski definition) is 8. The standard InChI is InChI=1S/C16H16ClN3O3S2/c1-8(2)6-18-15-19-20-16(25-15)24-7-9-3-14(22)23-13-5-12(21)11(17)4-10(9)13/h3-5,8,21H,6-7H2,1-2H3,(H,18,19). The fraction of sp³-hybridized carbons (Fsp3) is 0.312. The molecule has 0 atom stereocenters. The molecule has 25 heavy (non-hydrogen) atoms. The van der Waals surface area contributed by atoms with Gasteiger partial charge in [-0.25, -0.2) is 4.79 Å². The maximum Gasteiger partial charge on any atom is 0.336 e. The molecule has 0 amide bonds. The van der Waals surface area contributed by atoms with Crippen LogP contribution in [-0.2, 0) is 5.75 Å². The molecule has 2 heterocycles. The lowest BCUT2D eigenvalue weighted by atomic mass is 10.1. The maximum atomic E-state index is 11.7. The average molecular weight is 398 g/mol. The number of halogens is 1. The molecule has 9 heteroatoms. The normalized spacial score (nSPS) is 11.4. The summed E-state index contributed by atoms with van der Waals surface area (Å²) >= 11 is 8.93. The molecule has 0 radical (unpaired) electrons. The number of rotatable bonds is 6. The minimum atomic E-state index is -0.471. The highest BCUT2D eigenvalue weighted by Gasteiger charge is 2.12. The van der Waals surface area contributed by atoms with Crippen LogP contribution < -0.4 is 10.9 Å². The molecule has 0 saturated carbocycles. The first-order valence-electron chi connectivity index (χ1n) is 7.58. The molecular formula is C16H16ClN3O3S2. The van der Waals surface area contributed by atoms with Gasteiger partial charge in [-0.05, 0) is 17.5 Å². The Morgan fingerprint density at radius 3 is 2.92 bits per heavy atom. The molecule has 2 aromatic heterocycles. The van der Waals surface area contributed by atoms with Crippen molar-refractivity contribution in [2.24, 2.45) is 5.92 Å². The number of nitrogens with one attached hydrogen (secondary N) is 1. The molecule has 1 aromatic carbocycles. The Bertz CT molecular complexity index is 955. The van der Waals surface area contributed by atoms with Crippen LogP contribution in [-0.4, -0.2) is 21.8 Å². The molecule has 0 aliphatic heterocycles. The van der Waals surface area contributed by atoms with Crippen LogP contribution in [0.2, 0.25) is 5.02 Å². The van der Waals surface area contributed by atoms with Gasteiger partial charge < -0.3 is 14.8 Å². The highest BCUT2D eigenvalue weighted by Crippen LogP contribution is 2.33. The number of aromatic nitrogens is 2. The van der Waals surface area contributed by atoms with Crippen molar-refractivity contribution in [1.29, 1.82) is 0 Å². The first-order chi connectivity index (χ1) is 11.9. The predicted octanol–water partition coefficient (Wildman–Crippen LogP) is 4.36. The molecule has 132 valence electrons. The number of benzene rings is 1. The van der Waals surface area contributed by atoms with Crippen molar-refractivity contribution in [3.8, 4) is 5.75 Å². The molecule has 3 rings (SSSR count). The van der Waals surface area contributed by atoms with Gasteiger partial charge in [0.2, 0.25) is 5.13 Å². The molecular weight excluding hydrogens is 382 g/mol. The molecule has 0 saturated heterocycles. The first kappa shape index (κ1) is 18.0. The van der Waals surface area contributed by atoms with Crippen molar-refractivity contribution >= 4 is 50.8 Å². The smallest absolute Gasteiger partial charge is 0.336 e. The van der Waals surface area contributed by atoms with Gasteiger partial charge in [-0.2, -0.15) is 0 Å². The third-order valence-electron chi connectivity index (χ3n) is 3.32. The number of fused-ring (bicyclic) bond motifs is 1. The van der Waals surface area contributed by atoms with Gasteiger partial charge in [-0.15, -0.1) is 10.2 Å². The Balaban J connectivity index is 1.79. The Morgan fingerprint density at radius 2 is 2.16 bits per heavy atom. The summed E-state index contributed by atoms with van der Waals surface area (Å²) in [4.78, 5) is 11.7. The zero-order valence-electron chi connectivity index (χ0n) is 13.6. The monoisotopic (exact) mass is 397 g/mol. The zero-order chi connectivity index (χ0) is 18.0. The molecule has 6 nitrogen and oxygen atoms in total. The molecule has 0 fully saturated rings. The first-order valence-corrected chi connectivity index (χ1v) is 9.76. The van der Waals surface area contributed by atoms with Crippen molar-refractivity contribution in [3.63, 3.8) is 0 Å². The maximum absolute atomic E-state index is 11.7. The van der Waals surface area contributed by atoms with E-state index in [0.717, 1.165) is 21.6 Å². The van der Waals surface area contributed by atoms with E-state index in [-0.39, 0.29) is 10.8 Å². The fourth-order valence-corrected chi connectivity index (χ4v) is 4.04. The number of nitrogens with zero attached hydrogens (tertiary/aromatic N) is 2. The molecule has 0 spiro atoms. The lowest BCUT2D eigenvalue weighted by Gasteiger charge is -2.05. The number of thioether (sulfide) groups is 1. The lowest BCUT2D eigenvalue weighted by Crippen LogP contribution is -2.07. The quantitative estimate of drug-likeness (QED) is 0.471. The largest absolute Gasteiger partial charge is 0.506 e. The summed E-state index contributed by atoms with van der Waals surface area (Å²) in [6.45, 7) is 5.09. The summed E-state index contributed by atoms with van der Waals surface area (Å²) in [5.74, 6) is 0.922. The Morgan fingerprint density at radius 1 is 1.36 bits per heavy atom. The molecule has 0 aliphatic carbocycles. The lowest BCUT2D eigenvalue weighted by molar-refractivity contribution is 0.473. The Kier molecular flexibility index (Phi) is 5.51. The number of anilines is 1. The highest BCUT2D eigenvalue weighted by atomic mass is 35.5. The van der Waals surface area contributed by atoms with E-state index in [2.05, 4.69) is 29.4 Å². The summed E-state index contributed by atoms with van der Waals surface area (Å²) < 4.78 is 5.93. The second-order valence-electron chi connectivity index (χ2n) is 5.83. The van der Waals surface area contributed by atoms with E-state index in [4.69, 9.17) is 16.0 Å². The molecule has 0 aliphatic rings. The summed E-state index contributed by atoms with van der Waals surface area (Å²) in [5, 5.41) is 22.8. The van der Waals surface area contributed by atoms with Gasteiger partial charge in [0.05, 0.1) is 5.02 Å². The van der Waals surface area contributed by atoms with Gasteiger partial charge in [0, 0.05) is 29.8 Å². The van der Waals surface area contributed by atoms with Crippen LogP contribution >= 0.6 is 34.7 Å². The third kappa shape index (κ3) is 4.45. The SMILES string of the molecule is CC(C)CNc1nnc(SCc2cc(=O)oc3cc(O)c(Cl)cc23)s1.